The van der Waals surface area contributed by atoms with Crippen LogP contribution in [0.1, 0.15) is 28.8 Å². The number of aromatic nitrogens is 2. The van der Waals surface area contributed by atoms with Crippen molar-refractivity contribution >= 4 is 17.2 Å². The van der Waals surface area contributed by atoms with E-state index in [1.165, 1.54) is 0 Å². The van der Waals surface area contributed by atoms with Crippen LogP contribution in [-0.2, 0) is 11.3 Å². The summed E-state index contributed by atoms with van der Waals surface area (Å²) in [5, 5.41) is 11.2. The summed E-state index contributed by atoms with van der Waals surface area (Å²) in [7, 11) is 0. The fourth-order valence-corrected chi connectivity index (χ4v) is 3.96. The first-order chi connectivity index (χ1) is 12.8. The van der Waals surface area contributed by atoms with Gasteiger partial charge in [-0.3, -0.25) is 9.89 Å². The van der Waals surface area contributed by atoms with Crippen molar-refractivity contribution in [1.82, 2.24) is 15.1 Å². The smallest absolute Gasteiger partial charge is 0.258 e. The number of amides is 1. The van der Waals surface area contributed by atoms with Crippen molar-refractivity contribution in [2.24, 2.45) is 0 Å². The Kier molecular flexibility index (Phi) is 5.13. The quantitative estimate of drug-likeness (QED) is 0.717. The third-order valence-corrected chi connectivity index (χ3v) is 5.35. The third-order valence-electron chi connectivity index (χ3n) is 4.62. The zero-order valence-electron chi connectivity index (χ0n) is 14.4. The fourth-order valence-electron chi connectivity index (χ4n) is 3.30. The number of H-pyrrole nitrogens is 1. The van der Waals surface area contributed by atoms with Crippen LogP contribution >= 0.6 is 11.3 Å². The van der Waals surface area contributed by atoms with Gasteiger partial charge in [-0.1, -0.05) is 30.3 Å². The van der Waals surface area contributed by atoms with E-state index in [-0.39, 0.29) is 12.0 Å². The van der Waals surface area contributed by atoms with E-state index < -0.39 is 0 Å². The lowest BCUT2D eigenvalue weighted by molar-refractivity contribution is 0.0508. The number of aromatic amines is 1. The molecule has 0 unspecified atom stereocenters. The highest BCUT2D eigenvalue weighted by Gasteiger charge is 2.26. The summed E-state index contributed by atoms with van der Waals surface area (Å²) in [6, 6.07) is 11.9. The van der Waals surface area contributed by atoms with Gasteiger partial charge in [0, 0.05) is 25.3 Å². The highest BCUT2D eigenvalue weighted by atomic mass is 32.1. The number of nitrogens with zero attached hydrogens (tertiary/aromatic N) is 2. The molecule has 1 aromatic carbocycles. The molecule has 6 heteroatoms. The Bertz CT molecular complexity index is 839. The van der Waals surface area contributed by atoms with Gasteiger partial charge in [0.2, 0.25) is 0 Å². The minimum absolute atomic E-state index is 0.0145. The summed E-state index contributed by atoms with van der Waals surface area (Å²) in [4.78, 5) is 15.2. The molecule has 0 spiro atoms. The lowest BCUT2D eigenvalue weighted by Gasteiger charge is -2.25. The molecule has 3 aromatic rings. The minimum Gasteiger partial charge on any atom is -0.376 e. The van der Waals surface area contributed by atoms with Gasteiger partial charge in [0.05, 0.1) is 23.6 Å². The number of benzene rings is 1. The Balaban J connectivity index is 1.60. The van der Waals surface area contributed by atoms with Gasteiger partial charge >= 0.3 is 0 Å². The monoisotopic (exact) mass is 367 g/mol. The second-order valence-corrected chi connectivity index (χ2v) is 7.26. The average Bonchev–Trinajstić information content (AvgIpc) is 3.43. The molecule has 4 rings (SSSR count). The van der Waals surface area contributed by atoms with Crippen LogP contribution in [0, 0.1) is 0 Å². The molecule has 1 N–H and O–H groups in total. The van der Waals surface area contributed by atoms with Crippen molar-refractivity contribution in [3.05, 3.63) is 64.5 Å². The zero-order valence-corrected chi connectivity index (χ0v) is 15.2. The standard InChI is InChI=1S/C20H21N3O2S/c24-20(18-11-21-22-19(18)16-5-2-1-3-6-16)23(12-15-8-10-26-14-15)13-17-7-4-9-25-17/h1-3,5-6,8,10-11,14,17H,4,7,9,12-13H2,(H,21,22)/t17-/m0/s1. The Morgan fingerprint density at radius 2 is 2.19 bits per heavy atom. The first-order valence-corrected chi connectivity index (χ1v) is 9.76. The van der Waals surface area contributed by atoms with Crippen LogP contribution in [0.5, 0.6) is 0 Å². The lowest BCUT2D eigenvalue weighted by Crippen LogP contribution is -2.37. The molecule has 3 heterocycles. The molecule has 0 bridgehead atoms. The molecule has 134 valence electrons. The van der Waals surface area contributed by atoms with Gasteiger partial charge in [-0.2, -0.15) is 16.4 Å². The molecule has 0 radical (unpaired) electrons. The molecular formula is C20H21N3O2S. The van der Waals surface area contributed by atoms with Crippen molar-refractivity contribution in [2.75, 3.05) is 13.2 Å². The minimum atomic E-state index is -0.0145. The number of nitrogens with one attached hydrogen (secondary N) is 1. The Labute approximate surface area is 156 Å². The van der Waals surface area contributed by atoms with Crippen molar-refractivity contribution in [3.63, 3.8) is 0 Å². The fraction of sp³-hybridized carbons (Fsp3) is 0.300. The molecule has 1 saturated heterocycles. The highest BCUT2D eigenvalue weighted by Crippen LogP contribution is 2.24. The number of carbonyl (C=O) groups is 1. The van der Waals surface area contributed by atoms with Crippen LogP contribution in [0.25, 0.3) is 11.3 Å². The van der Waals surface area contributed by atoms with Crippen molar-refractivity contribution in [3.8, 4) is 11.3 Å². The summed E-state index contributed by atoms with van der Waals surface area (Å²) < 4.78 is 5.77. The van der Waals surface area contributed by atoms with E-state index >= 15 is 0 Å². The van der Waals surface area contributed by atoms with Crippen LogP contribution in [0.3, 0.4) is 0 Å². The third kappa shape index (κ3) is 3.71. The van der Waals surface area contributed by atoms with Gasteiger partial charge in [-0.25, -0.2) is 0 Å². The van der Waals surface area contributed by atoms with Crippen LogP contribution in [0.15, 0.2) is 53.4 Å². The maximum absolute atomic E-state index is 13.3. The van der Waals surface area contributed by atoms with Gasteiger partial charge in [0.25, 0.3) is 5.91 Å². The van der Waals surface area contributed by atoms with Gasteiger partial charge in [-0.15, -0.1) is 0 Å². The topological polar surface area (TPSA) is 58.2 Å². The lowest BCUT2D eigenvalue weighted by atomic mass is 10.1. The maximum atomic E-state index is 13.3. The van der Waals surface area contributed by atoms with Gasteiger partial charge in [-0.05, 0) is 35.2 Å². The highest BCUT2D eigenvalue weighted by molar-refractivity contribution is 7.07. The molecular weight excluding hydrogens is 346 g/mol. The van der Waals surface area contributed by atoms with E-state index in [9.17, 15) is 4.79 Å². The summed E-state index contributed by atoms with van der Waals surface area (Å²) in [6.07, 6.45) is 3.81. The predicted octanol–water partition coefficient (Wildman–Crippen LogP) is 3.96. The normalized spacial score (nSPS) is 16.7. The molecule has 1 aliphatic rings. The van der Waals surface area contributed by atoms with E-state index in [2.05, 4.69) is 21.6 Å². The van der Waals surface area contributed by atoms with E-state index in [4.69, 9.17) is 4.74 Å². The summed E-state index contributed by atoms with van der Waals surface area (Å²) in [5.74, 6) is -0.0145. The van der Waals surface area contributed by atoms with Crippen LogP contribution < -0.4 is 0 Å². The van der Waals surface area contributed by atoms with Crippen LogP contribution in [0.2, 0.25) is 0 Å². The summed E-state index contributed by atoms with van der Waals surface area (Å²) in [6.45, 7) is 1.97. The first kappa shape index (κ1) is 17.0. The predicted molar refractivity (Wildman–Crippen MR) is 102 cm³/mol. The number of hydrogen-bond donors (Lipinski definition) is 1. The Hall–Kier alpha value is -2.44. The molecule has 1 aliphatic heterocycles. The maximum Gasteiger partial charge on any atom is 0.258 e. The second kappa shape index (κ2) is 7.85. The SMILES string of the molecule is O=C(c1cn[nH]c1-c1ccccc1)N(Cc1ccsc1)C[C@@H]1CCCO1. The Morgan fingerprint density at radius 3 is 2.92 bits per heavy atom. The second-order valence-electron chi connectivity index (χ2n) is 6.48. The molecule has 5 nitrogen and oxygen atoms in total. The molecule has 1 fully saturated rings. The largest absolute Gasteiger partial charge is 0.376 e. The van der Waals surface area contributed by atoms with Crippen molar-refractivity contribution in [1.29, 1.82) is 0 Å². The van der Waals surface area contributed by atoms with Crippen LogP contribution in [0.4, 0.5) is 0 Å². The van der Waals surface area contributed by atoms with E-state index in [0.29, 0.717) is 18.7 Å². The van der Waals surface area contributed by atoms with E-state index in [0.717, 1.165) is 36.3 Å². The number of thiophene rings is 1. The average molecular weight is 367 g/mol. The van der Waals surface area contributed by atoms with Crippen molar-refractivity contribution < 1.29 is 9.53 Å². The molecule has 1 atom stereocenters. The first-order valence-electron chi connectivity index (χ1n) is 8.82. The Morgan fingerprint density at radius 1 is 1.31 bits per heavy atom. The summed E-state index contributed by atoms with van der Waals surface area (Å²) in [5.41, 5.74) is 3.47. The van der Waals surface area contributed by atoms with Crippen molar-refractivity contribution in [2.45, 2.75) is 25.5 Å². The summed E-state index contributed by atoms with van der Waals surface area (Å²) >= 11 is 1.65. The van der Waals surface area contributed by atoms with E-state index in [1.807, 2.05) is 40.6 Å². The van der Waals surface area contributed by atoms with Gasteiger partial charge < -0.3 is 9.64 Å². The number of ether oxygens (including phenoxy) is 1. The van der Waals surface area contributed by atoms with Gasteiger partial charge in [0.15, 0.2) is 0 Å². The number of rotatable bonds is 6. The van der Waals surface area contributed by atoms with E-state index in [1.54, 1.807) is 17.5 Å². The molecule has 26 heavy (non-hydrogen) atoms. The zero-order chi connectivity index (χ0) is 17.8. The number of hydrogen-bond acceptors (Lipinski definition) is 4. The number of carbonyl (C=O) groups excluding carboxylic acids is 1. The molecule has 0 saturated carbocycles. The van der Waals surface area contributed by atoms with Gasteiger partial charge in [0.1, 0.15) is 0 Å². The molecule has 2 aromatic heterocycles. The van der Waals surface area contributed by atoms with Crippen LogP contribution in [-0.4, -0.2) is 40.3 Å². The molecule has 1 amide bonds. The molecule has 0 aliphatic carbocycles.